The van der Waals surface area contributed by atoms with E-state index in [9.17, 15) is 14.4 Å². The standard InChI is InChI=1S/C19H16Cl3N3O3/c1-10-3-5-11(6-4-10)19(2)17(27)25(18(28)24-19)9-16(26)23-15-8-13(21)12(20)7-14(15)22/h3-8H,9H2,1-2H3,(H,23,26)(H,24,28). The molecule has 0 radical (unpaired) electrons. The molecule has 3 rings (SSSR count). The van der Waals surface area contributed by atoms with Crippen LogP contribution in [0.2, 0.25) is 15.1 Å². The highest BCUT2D eigenvalue weighted by Crippen LogP contribution is 2.33. The number of carbonyl (C=O) groups excluding carboxylic acids is 3. The number of hydrogen-bond acceptors (Lipinski definition) is 3. The first-order valence-electron chi connectivity index (χ1n) is 8.27. The highest BCUT2D eigenvalue weighted by molar-refractivity contribution is 6.44. The van der Waals surface area contributed by atoms with Gasteiger partial charge in [0.2, 0.25) is 5.91 Å². The summed E-state index contributed by atoms with van der Waals surface area (Å²) in [5, 5.41) is 5.83. The zero-order chi connectivity index (χ0) is 20.6. The molecule has 1 saturated heterocycles. The molecular formula is C19H16Cl3N3O3. The Morgan fingerprint density at radius 1 is 1.07 bits per heavy atom. The van der Waals surface area contributed by atoms with Crippen LogP contribution >= 0.6 is 34.8 Å². The second-order valence-corrected chi connectivity index (χ2v) is 7.83. The molecule has 2 aromatic carbocycles. The number of aryl methyl sites for hydroxylation is 1. The molecular weight excluding hydrogens is 425 g/mol. The summed E-state index contributed by atoms with van der Waals surface area (Å²) in [6, 6.07) is 9.38. The maximum atomic E-state index is 12.9. The summed E-state index contributed by atoms with van der Waals surface area (Å²) in [5.74, 6) is -1.12. The van der Waals surface area contributed by atoms with Crippen molar-refractivity contribution in [3.05, 3.63) is 62.6 Å². The Balaban J connectivity index is 1.76. The molecule has 0 aromatic heterocycles. The first-order valence-corrected chi connectivity index (χ1v) is 9.41. The van der Waals surface area contributed by atoms with E-state index in [1.54, 1.807) is 19.1 Å². The SMILES string of the molecule is Cc1ccc(C2(C)NC(=O)N(CC(=O)Nc3cc(Cl)c(Cl)cc3Cl)C2=O)cc1. The van der Waals surface area contributed by atoms with Crippen LogP contribution in [0.3, 0.4) is 0 Å². The largest absolute Gasteiger partial charge is 0.325 e. The van der Waals surface area contributed by atoms with E-state index in [0.29, 0.717) is 5.56 Å². The number of nitrogens with one attached hydrogen (secondary N) is 2. The van der Waals surface area contributed by atoms with Gasteiger partial charge in [0.15, 0.2) is 0 Å². The zero-order valence-electron chi connectivity index (χ0n) is 15.0. The molecule has 1 unspecified atom stereocenters. The van der Waals surface area contributed by atoms with E-state index in [2.05, 4.69) is 10.6 Å². The van der Waals surface area contributed by atoms with E-state index in [1.807, 2.05) is 19.1 Å². The Hall–Kier alpha value is -2.28. The van der Waals surface area contributed by atoms with Gasteiger partial charge in [-0.15, -0.1) is 0 Å². The summed E-state index contributed by atoms with van der Waals surface area (Å²) < 4.78 is 0. The predicted molar refractivity (Wildman–Crippen MR) is 109 cm³/mol. The maximum absolute atomic E-state index is 12.9. The predicted octanol–water partition coefficient (Wildman–Crippen LogP) is 4.36. The summed E-state index contributed by atoms with van der Waals surface area (Å²) in [7, 11) is 0. The lowest BCUT2D eigenvalue weighted by atomic mass is 9.91. The van der Waals surface area contributed by atoms with Crippen molar-refractivity contribution in [1.29, 1.82) is 0 Å². The van der Waals surface area contributed by atoms with Crippen LogP contribution in [0.15, 0.2) is 36.4 Å². The van der Waals surface area contributed by atoms with Gasteiger partial charge >= 0.3 is 6.03 Å². The summed E-state index contributed by atoms with van der Waals surface area (Å²) >= 11 is 17.8. The van der Waals surface area contributed by atoms with E-state index in [-0.39, 0.29) is 20.8 Å². The lowest BCUT2D eigenvalue weighted by molar-refractivity contribution is -0.133. The topological polar surface area (TPSA) is 78.5 Å². The molecule has 9 heteroatoms. The van der Waals surface area contributed by atoms with Gasteiger partial charge in [-0.3, -0.25) is 14.5 Å². The van der Waals surface area contributed by atoms with Gasteiger partial charge in [-0.1, -0.05) is 64.6 Å². The number of amides is 4. The van der Waals surface area contributed by atoms with Crippen LogP contribution in [0.5, 0.6) is 0 Å². The fourth-order valence-electron chi connectivity index (χ4n) is 2.87. The van der Waals surface area contributed by atoms with Gasteiger partial charge in [-0.25, -0.2) is 4.79 Å². The van der Waals surface area contributed by atoms with Crippen LogP contribution in [-0.4, -0.2) is 29.3 Å². The van der Waals surface area contributed by atoms with Gasteiger partial charge in [0, 0.05) is 0 Å². The molecule has 6 nitrogen and oxygen atoms in total. The van der Waals surface area contributed by atoms with Gasteiger partial charge in [0.05, 0.1) is 20.8 Å². The van der Waals surface area contributed by atoms with E-state index in [4.69, 9.17) is 34.8 Å². The fourth-order valence-corrected chi connectivity index (χ4v) is 3.47. The minimum atomic E-state index is -1.24. The van der Waals surface area contributed by atoms with E-state index < -0.39 is 29.9 Å². The molecule has 1 fully saturated rings. The van der Waals surface area contributed by atoms with Gasteiger partial charge in [-0.05, 0) is 31.5 Å². The second-order valence-electron chi connectivity index (χ2n) is 6.61. The highest BCUT2D eigenvalue weighted by atomic mass is 35.5. The van der Waals surface area contributed by atoms with E-state index in [1.165, 1.54) is 12.1 Å². The summed E-state index contributed by atoms with van der Waals surface area (Å²) in [4.78, 5) is 38.5. The average molecular weight is 441 g/mol. The van der Waals surface area contributed by atoms with Crippen molar-refractivity contribution in [2.24, 2.45) is 0 Å². The quantitative estimate of drug-likeness (QED) is 0.548. The molecule has 0 saturated carbocycles. The number of nitrogens with zero attached hydrogens (tertiary/aromatic N) is 1. The molecule has 0 bridgehead atoms. The molecule has 1 aliphatic heterocycles. The molecule has 1 aliphatic rings. The Kier molecular flexibility index (Phi) is 5.57. The number of anilines is 1. The Labute approximate surface area is 176 Å². The van der Waals surface area contributed by atoms with Crippen molar-refractivity contribution in [2.75, 3.05) is 11.9 Å². The van der Waals surface area contributed by atoms with Gasteiger partial charge in [0.25, 0.3) is 5.91 Å². The van der Waals surface area contributed by atoms with Crippen LogP contribution < -0.4 is 10.6 Å². The number of urea groups is 1. The first-order chi connectivity index (χ1) is 13.1. The van der Waals surface area contributed by atoms with Crippen LogP contribution in [0.1, 0.15) is 18.1 Å². The smallest absolute Gasteiger partial charge is 0.323 e. The first kappa shape index (κ1) is 20.5. The third-order valence-corrected chi connectivity index (χ3v) is 5.52. The third-order valence-electron chi connectivity index (χ3n) is 4.49. The molecule has 4 amide bonds. The van der Waals surface area contributed by atoms with Crippen molar-refractivity contribution < 1.29 is 14.4 Å². The van der Waals surface area contributed by atoms with Gasteiger partial charge < -0.3 is 10.6 Å². The van der Waals surface area contributed by atoms with Crippen molar-refractivity contribution in [3.63, 3.8) is 0 Å². The molecule has 0 spiro atoms. The number of imide groups is 1. The summed E-state index contributed by atoms with van der Waals surface area (Å²) in [6.45, 7) is 3.06. The van der Waals surface area contributed by atoms with Crippen LogP contribution in [0, 0.1) is 6.92 Å². The summed E-state index contributed by atoms with van der Waals surface area (Å²) in [5.41, 5.74) is 0.645. The molecule has 1 heterocycles. The molecule has 146 valence electrons. The monoisotopic (exact) mass is 439 g/mol. The van der Waals surface area contributed by atoms with Crippen LogP contribution in [0.4, 0.5) is 10.5 Å². The zero-order valence-corrected chi connectivity index (χ0v) is 17.2. The number of halogens is 3. The maximum Gasteiger partial charge on any atom is 0.325 e. The molecule has 2 N–H and O–H groups in total. The minimum Gasteiger partial charge on any atom is -0.323 e. The second kappa shape index (κ2) is 7.62. The Morgan fingerprint density at radius 3 is 2.32 bits per heavy atom. The van der Waals surface area contributed by atoms with E-state index in [0.717, 1.165) is 10.5 Å². The number of rotatable bonds is 4. The van der Waals surface area contributed by atoms with Crippen molar-refractivity contribution in [3.8, 4) is 0 Å². The molecule has 28 heavy (non-hydrogen) atoms. The van der Waals surface area contributed by atoms with Gasteiger partial charge in [0.1, 0.15) is 12.1 Å². The fraction of sp³-hybridized carbons (Fsp3) is 0.211. The van der Waals surface area contributed by atoms with Crippen molar-refractivity contribution >= 4 is 58.3 Å². The van der Waals surface area contributed by atoms with Crippen LogP contribution in [0.25, 0.3) is 0 Å². The highest BCUT2D eigenvalue weighted by Gasteiger charge is 2.49. The normalized spacial score (nSPS) is 19.0. The average Bonchev–Trinajstić information content (AvgIpc) is 2.84. The lowest BCUT2D eigenvalue weighted by Gasteiger charge is -2.22. The Morgan fingerprint density at radius 2 is 1.68 bits per heavy atom. The number of benzene rings is 2. The molecule has 1 atom stereocenters. The third kappa shape index (κ3) is 3.81. The van der Waals surface area contributed by atoms with Gasteiger partial charge in [-0.2, -0.15) is 0 Å². The number of hydrogen-bond donors (Lipinski definition) is 2. The molecule has 2 aromatic rings. The van der Waals surface area contributed by atoms with E-state index >= 15 is 0 Å². The van der Waals surface area contributed by atoms with Crippen molar-refractivity contribution in [2.45, 2.75) is 19.4 Å². The number of carbonyl (C=O) groups is 3. The van der Waals surface area contributed by atoms with Crippen molar-refractivity contribution in [1.82, 2.24) is 10.2 Å². The lowest BCUT2D eigenvalue weighted by Crippen LogP contribution is -2.42. The molecule has 0 aliphatic carbocycles. The minimum absolute atomic E-state index is 0.185. The summed E-state index contributed by atoms with van der Waals surface area (Å²) in [6.07, 6.45) is 0. The van der Waals surface area contributed by atoms with Crippen LogP contribution in [-0.2, 0) is 15.1 Å². The Bertz CT molecular complexity index is 978.